The van der Waals surface area contributed by atoms with Gasteiger partial charge in [-0.1, -0.05) is 18.2 Å². The molecule has 0 amide bonds. The second kappa shape index (κ2) is 4.89. The molecule has 21 heavy (non-hydrogen) atoms. The van der Waals surface area contributed by atoms with Crippen LogP contribution in [0.2, 0.25) is 0 Å². The van der Waals surface area contributed by atoms with Crippen LogP contribution < -0.4 is 5.73 Å². The molecule has 2 N–H and O–H groups in total. The molecule has 3 unspecified atom stereocenters. The lowest BCUT2D eigenvalue weighted by Crippen LogP contribution is -2.42. The van der Waals surface area contributed by atoms with Crippen LogP contribution in [-0.2, 0) is 11.2 Å². The van der Waals surface area contributed by atoms with E-state index in [9.17, 15) is 0 Å². The lowest BCUT2D eigenvalue weighted by Gasteiger charge is -2.33. The number of aromatic nitrogens is 4. The SMILES string of the molecule is NCC1(Cc2nnnn2-c2ccccc2)CC2CCC1O2. The second-order valence-corrected chi connectivity index (χ2v) is 6.11. The highest BCUT2D eigenvalue weighted by atomic mass is 16.5. The number of nitrogens with zero attached hydrogens (tertiary/aromatic N) is 4. The summed E-state index contributed by atoms with van der Waals surface area (Å²) in [6.07, 6.45) is 4.70. The average molecular weight is 285 g/mol. The number of ether oxygens (including phenoxy) is 1. The van der Waals surface area contributed by atoms with Gasteiger partial charge in [0.1, 0.15) is 0 Å². The maximum Gasteiger partial charge on any atom is 0.157 e. The summed E-state index contributed by atoms with van der Waals surface area (Å²) in [7, 11) is 0. The Morgan fingerprint density at radius 2 is 2.14 bits per heavy atom. The van der Waals surface area contributed by atoms with Crippen LogP contribution in [0, 0.1) is 5.41 Å². The molecule has 2 aliphatic rings. The summed E-state index contributed by atoms with van der Waals surface area (Å²) < 4.78 is 7.82. The molecule has 6 nitrogen and oxygen atoms in total. The maximum absolute atomic E-state index is 6.10. The quantitative estimate of drug-likeness (QED) is 0.910. The molecule has 0 saturated carbocycles. The Kier molecular flexibility index (Phi) is 3.01. The summed E-state index contributed by atoms with van der Waals surface area (Å²) in [5.74, 6) is 0.864. The van der Waals surface area contributed by atoms with Gasteiger partial charge in [0.05, 0.1) is 17.9 Å². The molecule has 110 valence electrons. The minimum absolute atomic E-state index is 0.00976. The van der Waals surface area contributed by atoms with E-state index in [1.807, 2.05) is 35.0 Å². The van der Waals surface area contributed by atoms with E-state index in [1.54, 1.807) is 0 Å². The molecule has 1 aromatic carbocycles. The van der Waals surface area contributed by atoms with Gasteiger partial charge in [0.15, 0.2) is 5.82 Å². The lowest BCUT2D eigenvalue weighted by atomic mass is 9.71. The summed E-state index contributed by atoms with van der Waals surface area (Å²) in [4.78, 5) is 0. The van der Waals surface area contributed by atoms with Gasteiger partial charge in [-0.2, -0.15) is 4.68 Å². The number of nitrogens with two attached hydrogens (primary N) is 1. The fourth-order valence-corrected chi connectivity index (χ4v) is 3.76. The van der Waals surface area contributed by atoms with E-state index in [4.69, 9.17) is 10.5 Å². The van der Waals surface area contributed by atoms with Gasteiger partial charge in [0, 0.05) is 18.4 Å². The van der Waals surface area contributed by atoms with E-state index in [-0.39, 0.29) is 11.5 Å². The maximum atomic E-state index is 6.10. The van der Waals surface area contributed by atoms with Crippen LogP contribution in [0.5, 0.6) is 0 Å². The Morgan fingerprint density at radius 3 is 2.81 bits per heavy atom. The van der Waals surface area contributed by atoms with E-state index >= 15 is 0 Å². The summed E-state index contributed by atoms with van der Waals surface area (Å²) in [5.41, 5.74) is 7.07. The van der Waals surface area contributed by atoms with Crippen LogP contribution in [0.25, 0.3) is 5.69 Å². The molecule has 2 aliphatic heterocycles. The van der Waals surface area contributed by atoms with Crippen molar-refractivity contribution in [3.05, 3.63) is 36.2 Å². The summed E-state index contributed by atoms with van der Waals surface area (Å²) in [6, 6.07) is 9.97. The van der Waals surface area contributed by atoms with Crippen molar-refractivity contribution in [2.45, 2.75) is 37.9 Å². The Morgan fingerprint density at radius 1 is 1.29 bits per heavy atom. The first-order valence-corrected chi connectivity index (χ1v) is 7.49. The second-order valence-electron chi connectivity index (χ2n) is 6.11. The van der Waals surface area contributed by atoms with E-state index in [2.05, 4.69) is 15.5 Å². The van der Waals surface area contributed by atoms with Crippen LogP contribution in [-0.4, -0.2) is 39.0 Å². The first kappa shape index (κ1) is 12.9. The Bertz CT molecular complexity index is 628. The highest BCUT2D eigenvalue weighted by Crippen LogP contribution is 2.48. The third-order valence-corrected chi connectivity index (χ3v) is 4.88. The van der Waals surface area contributed by atoms with Crippen molar-refractivity contribution in [1.29, 1.82) is 0 Å². The predicted molar refractivity (Wildman–Crippen MR) is 76.9 cm³/mol. The van der Waals surface area contributed by atoms with E-state index in [0.29, 0.717) is 12.6 Å². The molecule has 2 bridgehead atoms. The fourth-order valence-electron chi connectivity index (χ4n) is 3.76. The van der Waals surface area contributed by atoms with Crippen molar-refractivity contribution in [1.82, 2.24) is 20.2 Å². The standard InChI is InChI=1S/C15H19N5O/c16-10-15(8-12-6-7-13(15)21-12)9-14-17-18-19-20(14)11-4-2-1-3-5-11/h1-5,12-13H,6-10,16H2. The van der Waals surface area contributed by atoms with Crippen LogP contribution in [0.4, 0.5) is 0 Å². The van der Waals surface area contributed by atoms with E-state index in [0.717, 1.165) is 37.2 Å². The Labute approximate surface area is 123 Å². The number of rotatable bonds is 4. The minimum atomic E-state index is -0.00976. The molecule has 2 saturated heterocycles. The van der Waals surface area contributed by atoms with Crippen molar-refractivity contribution < 1.29 is 4.74 Å². The first-order valence-electron chi connectivity index (χ1n) is 7.49. The van der Waals surface area contributed by atoms with Gasteiger partial charge in [0.25, 0.3) is 0 Å². The van der Waals surface area contributed by atoms with Gasteiger partial charge >= 0.3 is 0 Å². The predicted octanol–water partition coefficient (Wildman–Crippen LogP) is 1.10. The molecule has 1 aromatic heterocycles. The number of hydrogen-bond donors (Lipinski definition) is 1. The van der Waals surface area contributed by atoms with Crippen molar-refractivity contribution in [2.75, 3.05) is 6.54 Å². The molecule has 0 aliphatic carbocycles. The smallest absolute Gasteiger partial charge is 0.157 e. The summed E-state index contributed by atoms with van der Waals surface area (Å²) >= 11 is 0. The average Bonchev–Trinajstić information content (AvgIpc) is 3.24. The molecule has 4 rings (SSSR count). The topological polar surface area (TPSA) is 78.9 Å². The van der Waals surface area contributed by atoms with Gasteiger partial charge < -0.3 is 10.5 Å². The van der Waals surface area contributed by atoms with Gasteiger partial charge in [-0.15, -0.1) is 5.10 Å². The summed E-state index contributed by atoms with van der Waals surface area (Å²) in [6.45, 7) is 0.621. The van der Waals surface area contributed by atoms with Crippen LogP contribution in [0.3, 0.4) is 0 Å². The number of benzene rings is 1. The first-order chi connectivity index (χ1) is 10.3. The molecular weight excluding hydrogens is 266 g/mol. The minimum Gasteiger partial charge on any atom is -0.374 e. The molecule has 6 heteroatoms. The number of hydrogen-bond acceptors (Lipinski definition) is 5. The zero-order valence-corrected chi connectivity index (χ0v) is 11.9. The van der Waals surface area contributed by atoms with Crippen molar-refractivity contribution in [3.63, 3.8) is 0 Å². The molecule has 0 radical (unpaired) electrons. The van der Waals surface area contributed by atoms with Crippen molar-refractivity contribution >= 4 is 0 Å². The van der Waals surface area contributed by atoms with E-state index in [1.165, 1.54) is 0 Å². The lowest BCUT2D eigenvalue weighted by molar-refractivity contribution is 0.0626. The number of fused-ring (bicyclic) bond motifs is 2. The zero-order valence-electron chi connectivity index (χ0n) is 11.9. The molecular formula is C15H19N5O. The molecule has 3 heterocycles. The highest BCUT2D eigenvalue weighted by molar-refractivity contribution is 5.30. The Balaban J connectivity index is 1.65. The van der Waals surface area contributed by atoms with E-state index < -0.39 is 0 Å². The fraction of sp³-hybridized carbons (Fsp3) is 0.533. The van der Waals surface area contributed by atoms with Crippen molar-refractivity contribution in [2.24, 2.45) is 11.1 Å². The molecule has 3 atom stereocenters. The van der Waals surface area contributed by atoms with Gasteiger partial charge in [0.2, 0.25) is 0 Å². The monoisotopic (exact) mass is 285 g/mol. The highest BCUT2D eigenvalue weighted by Gasteiger charge is 2.52. The summed E-state index contributed by atoms with van der Waals surface area (Å²) in [5, 5.41) is 12.2. The van der Waals surface area contributed by atoms with Crippen LogP contribution >= 0.6 is 0 Å². The van der Waals surface area contributed by atoms with Crippen molar-refractivity contribution in [3.8, 4) is 5.69 Å². The number of para-hydroxylation sites is 1. The molecule has 0 spiro atoms. The van der Waals surface area contributed by atoms with Crippen LogP contribution in [0.1, 0.15) is 25.1 Å². The third-order valence-electron chi connectivity index (χ3n) is 4.88. The molecule has 2 aromatic rings. The van der Waals surface area contributed by atoms with Gasteiger partial charge in [-0.3, -0.25) is 0 Å². The number of tetrazole rings is 1. The molecule has 2 fully saturated rings. The zero-order chi connectivity index (χ0) is 14.3. The normalized spacial score (nSPS) is 30.9. The van der Waals surface area contributed by atoms with Gasteiger partial charge in [-0.05, 0) is 41.8 Å². The van der Waals surface area contributed by atoms with Gasteiger partial charge in [-0.25, -0.2) is 0 Å². The third kappa shape index (κ3) is 2.06. The largest absolute Gasteiger partial charge is 0.374 e. The van der Waals surface area contributed by atoms with Crippen LogP contribution in [0.15, 0.2) is 30.3 Å². The Hall–Kier alpha value is -1.79.